The number of carbonyl (C=O) groups excluding carboxylic acids is 2. The van der Waals surface area contributed by atoms with Crippen LogP contribution in [0.25, 0.3) is 11.0 Å². The summed E-state index contributed by atoms with van der Waals surface area (Å²) in [6.45, 7) is 8.92. The van der Waals surface area contributed by atoms with Crippen LogP contribution in [0.1, 0.15) is 50.4 Å². The van der Waals surface area contributed by atoms with E-state index in [4.69, 9.17) is 13.9 Å². The minimum absolute atomic E-state index is 0.262. The van der Waals surface area contributed by atoms with Gasteiger partial charge >= 0.3 is 17.7 Å². The van der Waals surface area contributed by atoms with Gasteiger partial charge in [-0.1, -0.05) is 37.3 Å². The van der Waals surface area contributed by atoms with Gasteiger partial charge in [0.05, 0.1) is 5.39 Å². The van der Waals surface area contributed by atoms with Crippen LogP contribution < -0.4 is 15.7 Å². The minimum Gasteiger partial charge on any atom is -0.444 e. The van der Waals surface area contributed by atoms with Gasteiger partial charge in [-0.3, -0.25) is 0 Å². The maximum Gasteiger partial charge on any atom is 0.408 e. The fourth-order valence-electron chi connectivity index (χ4n) is 3.35. The molecule has 2 aromatic carbocycles. The molecule has 1 heterocycles. The second-order valence-electron chi connectivity index (χ2n) is 8.49. The Morgan fingerprint density at radius 1 is 1.09 bits per heavy atom. The summed E-state index contributed by atoms with van der Waals surface area (Å²) in [5.74, 6) is -0.431. The van der Waals surface area contributed by atoms with Crippen molar-refractivity contribution in [3.8, 4) is 5.75 Å². The lowest BCUT2D eigenvalue weighted by atomic mass is 10.0. The number of aryl methyl sites for hydroxylation is 2. The first-order chi connectivity index (χ1) is 15.1. The van der Waals surface area contributed by atoms with Gasteiger partial charge in [0.1, 0.15) is 16.9 Å². The van der Waals surface area contributed by atoms with Crippen molar-refractivity contribution in [2.45, 2.75) is 52.7 Å². The Balaban J connectivity index is 2.00. The van der Waals surface area contributed by atoms with E-state index in [0.717, 1.165) is 5.56 Å². The molecule has 0 radical (unpaired) electrons. The molecule has 7 heteroatoms. The Labute approximate surface area is 186 Å². The van der Waals surface area contributed by atoms with Gasteiger partial charge in [0, 0.05) is 6.07 Å². The van der Waals surface area contributed by atoms with E-state index in [2.05, 4.69) is 5.32 Å². The van der Waals surface area contributed by atoms with E-state index in [1.807, 2.05) is 19.9 Å². The molecule has 1 amide bonds. The molecule has 3 aromatic rings. The van der Waals surface area contributed by atoms with Crippen LogP contribution in [-0.4, -0.2) is 17.7 Å². The molecule has 0 saturated carbocycles. The van der Waals surface area contributed by atoms with E-state index in [0.29, 0.717) is 28.5 Å². The molecule has 32 heavy (non-hydrogen) atoms. The van der Waals surface area contributed by atoms with Crippen LogP contribution in [-0.2, 0) is 16.0 Å². The Kier molecular flexibility index (Phi) is 6.67. The predicted molar refractivity (Wildman–Crippen MR) is 121 cm³/mol. The molecular weight excluding hydrogens is 410 g/mol. The van der Waals surface area contributed by atoms with Crippen molar-refractivity contribution in [1.82, 2.24) is 5.32 Å². The zero-order valence-corrected chi connectivity index (χ0v) is 18.9. The quantitative estimate of drug-likeness (QED) is 0.349. The number of carbonyl (C=O) groups is 2. The number of benzene rings is 2. The maximum absolute atomic E-state index is 13.3. The molecule has 0 spiro atoms. The first-order valence-corrected chi connectivity index (χ1v) is 10.4. The van der Waals surface area contributed by atoms with E-state index in [9.17, 15) is 14.4 Å². The molecule has 3 rings (SSSR count). The highest BCUT2D eigenvalue weighted by atomic mass is 16.6. The normalized spacial score (nSPS) is 12.3. The van der Waals surface area contributed by atoms with Crippen LogP contribution in [0.15, 0.2) is 57.7 Å². The molecule has 0 unspecified atom stereocenters. The summed E-state index contributed by atoms with van der Waals surface area (Å²) >= 11 is 0. The third-order valence-corrected chi connectivity index (χ3v) is 4.66. The van der Waals surface area contributed by atoms with Gasteiger partial charge in [-0.15, -0.1) is 0 Å². The Morgan fingerprint density at radius 3 is 2.41 bits per heavy atom. The van der Waals surface area contributed by atoms with E-state index >= 15 is 0 Å². The first kappa shape index (κ1) is 23.1. The third kappa shape index (κ3) is 5.55. The van der Waals surface area contributed by atoms with Crippen molar-refractivity contribution in [3.63, 3.8) is 0 Å². The smallest absolute Gasteiger partial charge is 0.408 e. The molecule has 0 saturated heterocycles. The lowest BCUT2D eigenvalue weighted by Crippen LogP contribution is -2.39. The number of amides is 1. The average molecular weight is 437 g/mol. The van der Waals surface area contributed by atoms with Gasteiger partial charge in [-0.05, 0) is 62.9 Å². The van der Waals surface area contributed by atoms with Gasteiger partial charge in [0.15, 0.2) is 6.04 Å². The topological polar surface area (TPSA) is 94.8 Å². The van der Waals surface area contributed by atoms with E-state index in [1.54, 1.807) is 57.2 Å². The second kappa shape index (κ2) is 9.26. The van der Waals surface area contributed by atoms with Gasteiger partial charge in [0.25, 0.3) is 0 Å². The first-order valence-electron chi connectivity index (χ1n) is 10.4. The maximum atomic E-state index is 13.3. The lowest BCUT2D eigenvalue weighted by molar-refractivity contribution is -0.136. The summed E-state index contributed by atoms with van der Waals surface area (Å²) in [4.78, 5) is 37.6. The van der Waals surface area contributed by atoms with Crippen molar-refractivity contribution in [2.24, 2.45) is 0 Å². The van der Waals surface area contributed by atoms with E-state index in [1.165, 1.54) is 6.07 Å². The van der Waals surface area contributed by atoms with Crippen molar-refractivity contribution in [3.05, 3.63) is 75.6 Å². The molecule has 1 N–H and O–H groups in total. The summed E-state index contributed by atoms with van der Waals surface area (Å²) < 4.78 is 16.4. The summed E-state index contributed by atoms with van der Waals surface area (Å²) in [6, 6.07) is 12.5. The number of fused-ring (bicyclic) bond motifs is 1. The second-order valence-corrected chi connectivity index (χ2v) is 8.49. The largest absolute Gasteiger partial charge is 0.444 e. The van der Waals surface area contributed by atoms with Crippen LogP contribution in [0.2, 0.25) is 0 Å². The highest BCUT2D eigenvalue weighted by Gasteiger charge is 2.28. The molecule has 7 nitrogen and oxygen atoms in total. The van der Waals surface area contributed by atoms with E-state index in [-0.39, 0.29) is 5.75 Å². The molecular formula is C25H27NO6. The number of ether oxygens (including phenoxy) is 2. The lowest BCUT2D eigenvalue weighted by Gasteiger charge is -2.23. The van der Waals surface area contributed by atoms with Crippen LogP contribution >= 0.6 is 0 Å². The van der Waals surface area contributed by atoms with Crippen LogP contribution in [0.5, 0.6) is 5.75 Å². The summed E-state index contributed by atoms with van der Waals surface area (Å²) in [6.07, 6.45) is -0.189. The molecule has 0 aliphatic heterocycles. The number of hydrogen-bond donors (Lipinski definition) is 1. The average Bonchev–Trinajstić information content (AvgIpc) is 2.70. The third-order valence-electron chi connectivity index (χ3n) is 4.66. The monoisotopic (exact) mass is 437 g/mol. The van der Waals surface area contributed by atoms with Gasteiger partial charge in [0.2, 0.25) is 0 Å². The molecule has 168 valence electrons. The van der Waals surface area contributed by atoms with Crippen LogP contribution in [0.4, 0.5) is 4.79 Å². The Hall–Kier alpha value is -3.61. The fourth-order valence-corrected chi connectivity index (χ4v) is 3.35. The van der Waals surface area contributed by atoms with E-state index < -0.39 is 29.3 Å². The van der Waals surface area contributed by atoms with Crippen LogP contribution in [0.3, 0.4) is 0 Å². The van der Waals surface area contributed by atoms with Crippen molar-refractivity contribution >= 4 is 23.0 Å². The standard InChI is InChI=1S/C25H27NO6/c1-6-16-14-20(27)30-18-12-15(2)13-19(21(16)18)31-23(28)22(17-10-8-7-9-11-17)26-24(29)32-25(3,4)5/h7-14,22H,6H2,1-5H3,(H,26,29)/t22-/m0/s1. The van der Waals surface area contributed by atoms with Crippen molar-refractivity contribution < 1.29 is 23.5 Å². The van der Waals surface area contributed by atoms with Gasteiger partial charge < -0.3 is 19.2 Å². The number of nitrogens with one attached hydrogen (secondary N) is 1. The number of hydrogen-bond acceptors (Lipinski definition) is 6. The predicted octanol–water partition coefficient (Wildman–Crippen LogP) is 4.84. The molecule has 0 bridgehead atoms. The molecule has 0 fully saturated rings. The summed E-state index contributed by atoms with van der Waals surface area (Å²) in [7, 11) is 0. The summed E-state index contributed by atoms with van der Waals surface area (Å²) in [5.41, 5.74) is 1.15. The number of rotatable bonds is 5. The molecule has 0 aliphatic rings. The highest BCUT2D eigenvalue weighted by Crippen LogP contribution is 2.31. The minimum atomic E-state index is -1.09. The highest BCUT2D eigenvalue weighted by molar-refractivity contribution is 5.92. The van der Waals surface area contributed by atoms with Crippen molar-refractivity contribution in [1.29, 1.82) is 0 Å². The fraction of sp³-hybridized carbons (Fsp3) is 0.320. The molecule has 1 atom stereocenters. The van der Waals surface area contributed by atoms with Crippen molar-refractivity contribution in [2.75, 3.05) is 0 Å². The zero-order valence-electron chi connectivity index (χ0n) is 18.9. The van der Waals surface area contributed by atoms with Gasteiger partial charge in [-0.25, -0.2) is 14.4 Å². The van der Waals surface area contributed by atoms with Crippen LogP contribution in [0, 0.1) is 6.92 Å². The zero-order chi connectivity index (χ0) is 23.5. The SMILES string of the molecule is CCc1cc(=O)oc2cc(C)cc(OC(=O)[C@@H](NC(=O)OC(C)(C)C)c3ccccc3)c12. The Morgan fingerprint density at radius 2 is 1.78 bits per heavy atom. The summed E-state index contributed by atoms with van der Waals surface area (Å²) in [5, 5.41) is 3.15. The number of alkyl carbamates (subject to hydrolysis) is 1. The molecule has 1 aromatic heterocycles. The number of esters is 1. The Bertz CT molecular complexity index is 1190. The molecule has 0 aliphatic carbocycles. The van der Waals surface area contributed by atoms with Gasteiger partial charge in [-0.2, -0.15) is 0 Å².